The van der Waals surface area contributed by atoms with Crippen molar-refractivity contribution < 1.29 is 4.48 Å². The van der Waals surface area contributed by atoms with E-state index >= 15 is 0 Å². The lowest BCUT2D eigenvalue weighted by molar-refractivity contribution is -0.912. The van der Waals surface area contributed by atoms with E-state index in [-0.39, 0.29) is 0 Å². The van der Waals surface area contributed by atoms with Gasteiger partial charge in [-0.05, 0) is 24.5 Å². The molecule has 32 heavy (non-hydrogen) atoms. The van der Waals surface area contributed by atoms with E-state index in [1.165, 1.54) is 16.3 Å². The number of piperazine rings is 1. The van der Waals surface area contributed by atoms with Crippen LogP contribution in [0.1, 0.15) is 13.8 Å². The molecule has 2 heterocycles. The van der Waals surface area contributed by atoms with Gasteiger partial charge in [0.2, 0.25) is 0 Å². The molecule has 1 N–H and O–H groups in total. The monoisotopic (exact) mass is 432 g/mol. The smallest absolute Gasteiger partial charge is 0.132 e. The van der Waals surface area contributed by atoms with Crippen molar-refractivity contribution in [3.63, 3.8) is 0 Å². The molecule has 4 rings (SSSR count). The van der Waals surface area contributed by atoms with Gasteiger partial charge >= 0.3 is 0 Å². The zero-order valence-corrected chi connectivity index (χ0v) is 19.9. The number of fused-ring (bicyclic) bond motifs is 1. The summed E-state index contributed by atoms with van der Waals surface area (Å²) in [6.45, 7) is 14.3. The van der Waals surface area contributed by atoms with Gasteiger partial charge in [0.05, 0.1) is 38.9 Å². The Kier molecular flexibility index (Phi) is 7.40. The predicted molar refractivity (Wildman–Crippen MR) is 136 cm³/mol. The van der Waals surface area contributed by atoms with Gasteiger partial charge in [-0.25, -0.2) is 4.98 Å². The summed E-state index contributed by atoms with van der Waals surface area (Å²) in [5.41, 5.74) is 2.26. The molecular formula is C27H38N5+. The molecule has 1 fully saturated rings. The van der Waals surface area contributed by atoms with Gasteiger partial charge in [-0.2, -0.15) is 0 Å². The van der Waals surface area contributed by atoms with Crippen molar-refractivity contribution in [2.75, 3.05) is 71.0 Å². The van der Waals surface area contributed by atoms with Crippen molar-refractivity contribution in [1.29, 1.82) is 0 Å². The molecule has 0 amide bonds. The van der Waals surface area contributed by atoms with Crippen LogP contribution < -0.4 is 10.2 Å². The maximum absolute atomic E-state index is 5.15. The Morgan fingerprint density at radius 2 is 1.66 bits per heavy atom. The summed E-state index contributed by atoms with van der Waals surface area (Å²) in [5.74, 6) is 1.10. The molecule has 3 aromatic rings. The maximum Gasteiger partial charge on any atom is 0.132 e. The molecule has 0 radical (unpaired) electrons. The summed E-state index contributed by atoms with van der Waals surface area (Å²) in [7, 11) is 2.38. The van der Waals surface area contributed by atoms with E-state index < -0.39 is 0 Å². The van der Waals surface area contributed by atoms with Crippen LogP contribution in [-0.2, 0) is 0 Å². The lowest BCUT2D eigenvalue weighted by Gasteiger charge is -2.42. The Labute approximate surface area is 193 Å². The number of nitrogens with zero attached hydrogens (tertiary/aromatic N) is 4. The van der Waals surface area contributed by atoms with E-state index in [1.54, 1.807) is 0 Å². The highest BCUT2D eigenvalue weighted by Gasteiger charge is 2.29. The highest BCUT2D eigenvalue weighted by atomic mass is 15.4. The average molecular weight is 433 g/mol. The molecule has 5 nitrogen and oxygen atoms in total. The summed E-state index contributed by atoms with van der Waals surface area (Å²) in [4.78, 5) is 10.1. The van der Waals surface area contributed by atoms with Crippen LogP contribution in [0, 0.1) is 0 Å². The molecule has 1 saturated heterocycles. The lowest BCUT2D eigenvalue weighted by atomic mass is 10.0. The third-order valence-corrected chi connectivity index (χ3v) is 6.91. The van der Waals surface area contributed by atoms with Crippen LogP contribution in [0.3, 0.4) is 0 Å². The topological polar surface area (TPSA) is 31.4 Å². The molecule has 0 saturated carbocycles. The van der Waals surface area contributed by atoms with Crippen LogP contribution in [0.5, 0.6) is 0 Å². The Morgan fingerprint density at radius 1 is 0.969 bits per heavy atom. The second-order valence-corrected chi connectivity index (χ2v) is 9.15. The minimum absolute atomic E-state index is 1.04. The fourth-order valence-corrected chi connectivity index (χ4v) is 4.62. The lowest BCUT2D eigenvalue weighted by Crippen LogP contribution is -2.60. The maximum atomic E-state index is 5.15. The average Bonchev–Trinajstić information content (AvgIpc) is 2.84. The quantitative estimate of drug-likeness (QED) is 0.408. The first-order valence-electron chi connectivity index (χ1n) is 12.1. The third kappa shape index (κ3) is 5.29. The summed E-state index contributed by atoms with van der Waals surface area (Å²) < 4.78 is 1.08. The minimum Gasteiger partial charge on any atom is -0.345 e. The number of benzene rings is 2. The van der Waals surface area contributed by atoms with Crippen molar-refractivity contribution in [3.05, 3.63) is 60.7 Å². The van der Waals surface area contributed by atoms with Gasteiger partial charge in [0.1, 0.15) is 12.5 Å². The molecule has 2 aromatic carbocycles. The predicted octanol–water partition coefficient (Wildman–Crippen LogP) is 4.06. The third-order valence-electron chi connectivity index (χ3n) is 6.91. The number of aromatic nitrogens is 1. The number of rotatable bonds is 9. The van der Waals surface area contributed by atoms with Crippen LogP contribution in [0.25, 0.3) is 22.0 Å². The largest absolute Gasteiger partial charge is 0.345 e. The van der Waals surface area contributed by atoms with E-state index in [0.29, 0.717) is 0 Å². The van der Waals surface area contributed by atoms with E-state index in [2.05, 4.69) is 96.7 Å². The van der Waals surface area contributed by atoms with Gasteiger partial charge in [0, 0.05) is 24.0 Å². The molecule has 1 aliphatic rings. The van der Waals surface area contributed by atoms with Crippen molar-refractivity contribution in [1.82, 2.24) is 15.2 Å². The molecule has 0 unspecified atom stereocenters. The first-order valence-corrected chi connectivity index (χ1v) is 12.1. The zero-order valence-electron chi connectivity index (χ0n) is 19.9. The van der Waals surface area contributed by atoms with Crippen LogP contribution in [0.15, 0.2) is 60.7 Å². The molecular weight excluding hydrogens is 394 g/mol. The number of likely N-dealkylation sites (N-methyl/N-ethyl adjacent to an activating group) is 2. The van der Waals surface area contributed by atoms with Gasteiger partial charge in [0.25, 0.3) is 0 Å². The van der Waals surface area contributed by atoms with Crippen molar-refractivity contribution in [2.45, 2.75) is 13.8 Å². The van der Waals surface area contributed by atoms with Gasteiger partial charge in [-0.15, -0.1) is 0 Å². The number of anilines is 1. The fraction of sp³-hybridized carbons (Fsp3) is 0.444. The van der Waals surface area contributed by atoms with E-state index in [1.807, 2.05) is 0 Å². The second kappa shape index (κ2) is 10.4. The van der Waals surface area contributed by atoms with E-state index in [0.717, 1.165) is 75.0 Å². The Morgan fingerprint density at radius 3 is 2.38 bits per heavy atom. The number of hydrogen-bond donors (Lipinski definition) is 1. The molecule has 1 aromatic heterocycles. The number of quaternary nitrogens is 1. The van der Waals surface area contributed by atoms with Gasteiger partial charge < -0.3 is 14.3 Å². The summed E-state index contributed by atoms with van der Waals surface area (Å²) in [6, 6.07) is 21.4. The first kappa shape index (κ1) is 22.7. The molecule has 0 bridgehead atoms. The van der Waals surface area contributed by atoms with Crippen LogP contribution in [0.4, 0.5) is 5.82 Å². The summed E-state index contributed by atoms with van der Waals surface area (Å²) >= 11 is 0. The Balaban J connectivity index is 1.44. The molecule has 0 atom stereocenters. The molecule has 1 aliphatic heterocycles. The van der Waals surface area contributed by atoms with Gasteiger partial charge in [-0.3, -0.25) is 5.32 Å². The van der Waals surface area contributed by atoms with E-state index in [4.69, 9.17) is 4.98 Å². The number of nitrogens with one attached hydrogen (secondary N) is 1. The van der Waals surface area contributed by atoms with Crippen molar-refractivity contribution in [2.24, 2.45) is 0 Å². The van der Waals surface area contributed by atoms with Crippen molar-refractivity contribution >= 4 is 16.6 Å². The highest BCUT2D eigenvalue weighted by Crippen LogP contribution is 2.31. The number of hydrogen-bond acceptors (Lipinski definition) is 4. The SMILES string of the molecule is CCN(CC)CCNC[N+]1(C)CCN(c2cc3ccccc3c(-c3ccccc3)n2)CC1. The number of pyridine rings is 1. The molecule has 170 valence electrons. The standard InChI is InChI=1S/C27H38N5/c1-4-30(5-2)16-15-28-22-32(3)19-17-31(18-20-32)26-21-24-13-9-10-14-25(24)27(29-26)23-11-7-6-8-12-23/h6-14,21,28H,4-5,15-20,22H2,1-3H3/q+1. The highest BCUT2D eigenvalue weighted by molar-refractivity contribution is 5.96. The van der Waals surface area contributed by atoms with Gasteiger partial charge in [-0.1, -0.05) is 68.4 Å². The Hall–Kier alpha value is -2.47. The zero-order chi connectivity index (χ0) is 22.4. The fourth-order valence-electron chi connectivity index (χ4n) is 4.62. The van der Waals surface area contributed by atoms with Crippen LogP contribution >= 0.6 is 0 Å². The molecule has 0 aliphatic carbocycles. The molecule has 0 spiro atoms. The first-order chi connectivity index (χ1) is 15.6. The normalized spacial score (nSPS) is 16.1. The second-order valence-electron chi connectivity index (χ2n) is 9.15. The molecule has 5 heteroatoms. The Bertz CT molecular complexity index is 991. The minimum atomic E-state index is 1.04. The summed E-state index contributed by atoms with van der Waals surface area (Å²) in [5, 5.41) is 6.18. The van der Waals surface area contributed by atoms with E-state index in [9.17, 15) is 0 Å². The van der Waals surface area contributed by atoms with Gasteiger partial charge in [0.15, 0.2) is 0 Å². The summed E-state index contributed by atoms with van der Waals surface area (Å²) in [6.07, 6.45) is 0. The van der Waals surface area contributed by atoms with Crippen LogP contribution in [-0.4, -0.2) is 80.4 Å². The van der Waals surface area contributed by atoms with Crippen molar-refractivity contribution in [3.8, 4) is 11.3 Å². The van der Waals surface area contributed by atoms with Crippen LogP contribution in [0.2, 0.25) is 0 Å².